The van der Waals surface area contributed by atoms with Crippen LogP contribution in [0.1, 0.15) is 31.9 Å². The molecule has 0 atom stereocenters. The third-order valence-corrected chi connectivity index (χ3v) is 4.59. The van der Waals surface area contributed by atoms with E-state index in [4.69, 9.17) is 0 Å². The van der Waals surface area contributed by atoms with Gasteiger partial charge in [-0.15, -0.1) is 11.3 Å². The Morgan fingerprint density at radius 2 is 2.24 bits per heavy atom. The van der Waals surface area contributed by atoms with E-state index in [9.17, 15) is 5.11 Å². The van der Waals surface area contributed by atoms with Crippen LogP contribution in [-0.4, -0.2) is 48.8 Å². The molecule has 0 radical (unpaired) electrons. The molecule has 0 aromatic carbocycles. The SMILES string of the molecule is CCNC(=NCc1csc(N(C)C)n1)NCC1(O)CCC1. The van der Waals surface area contributed by atoms with Gasteiger partial charge in [0.15, 0.2) is 11.1 Å². The van der Waals surface area contributed by atoms with E-state index in [-0.39, 0.29) is 0 Å². The van der Waals surface area contributed by atoms with Gasteiger partial charge in [-0.3, -0.25) is 0 Å². The van der Waals surface area contributed by atoms with Gasteiger partial charge >= 0.3 is 0 Å². The van der Waals surface area contributed by atoms with Gasteiger partial charge in [0.1, 0.15) is 0 Å². The molecule has 0 saturated heterocycles. The molecule has 0 amide bonds. The zero-order valence-electron chi connectivity index (χ0n) is 13.0. The third kappa shape index (κ3) is 4.57. The van der Waals surface area contributed by atoms with Crippen LogP contribution < -0.4 is 15.5 Å². The Labute approximate surface area is 130 Å². The molecule has 3 N–H and O–H groups in total. The predicted octanol–water partition coefficient (Wildman–Crippen LogP) is 1.18. The second-order valence-corrected chi connectivity index (χ2v) is 6.48. The number of aliphatic hydroxyl groups is 1. The van der Waals surface area contributed by atoms with Crippen molar-refractivity contribution in [3.05, 3.63) is 11.1 Å². The van der Waals surface area contributed by atoms with E-state index in [0.29, 0.717) is 13.1 Å². The summed E-state index contributed by atoms with van der Waals surface area (Å²) in [5.41, 5.74) is 0.415. The number of aliphatic imine (C=N–C) groups is 1. The lowest BCUT2D eigenvalue weighted by Gasteiger charge is -2.36. The van der Waals surface area contributed by atoms with Crippen LogP contribution >= 0.6 is 11.3 Å². The summed E-state index contributed by atoms with van der Waals surface area (Å²) in [4.78, 5) is 11.0. The minimum atomic E-state index is -0.547. The third-order valence-electron chi connectivity index (χ3n) is 3.53. The minimum absolute atomic E-state index is 0.540. The first kappa shape index (κ1) is 16.0. The van der Waals surface area contributed by atoms with Crippen molar-refractivity contribution >= 4 is 22.4 Å². The average Bonchev–Trinajstić information content (AvgIpc) is 2.89. The summed E-state index contributed by atoms with van der Waals surface area (Å²) in [5, 5.41) is 19.5. The molecule has 0 spiro atoms. The highest BCUT2D eigenvalue weighted by atomic mass is 32.1. The van der Waals surface area contributed by atoms with E-state index >= 15 is 0 Å². The van der Waals surface area contributed by atoms with Gasteiger partial charge < -0.3 is 20.6 Å². The van der Waals surface area contributed by atoms with Crippen molar-refractivity contribution in [2.45, 2.75) is 38.3 Å². The summed E-state index contributed by atoms with van der Waals surface area (Å²) < 4.78 is 0. The van der Waals surface area contributed by atoms with Gasteiger partial charge in [-0.1, -0.05) is 0 Å². The fourth-order valence-electron chi connectivity index (χ4n) is 2.09. The van der Waals surface area contributed by atoms with E-state index in [1.807, 2.05) is 31.3 Å². The van der Waals surface area contributed by atoms with Crippen molar-refractivity contribution in [2.75, 3.05) is 32.1 Å². The molecule has 6 nitrogen and oxygen atoms in total. The second-order valence-electron chi connectivity index (χ2n) is 5.64. The Kier molecular flexibility index (Phi) is 5.41. The molecule has 1 fully saturated rings. The molecule has 118 valence electrons. The lowest BCUT2D eigenvalue weighted by atomic mass is 9.80. The Hall–Kier alpha value is -1.34. The van der Waals surface area contributed by atoms with Gasteiger partial charge in [0.25, 0.3) is 0 Å². The fourth-order valence-corrected chi connectivity index (χ4v) is 2.84. The van der Waals surface area contributed by atoms with Crippen molar-refractivity contribution in [1.29, 1.82) is 0 Å². The maximum absolute atomic E-state index is 10.1. The van der Waals surface area contributed by atoms with Crippen LogP contribution in [0.4, 0.5) is 5.13 Å². The molecule has 1 aliphatic carbocycles. The Bertz CT molecular complexity index is 481. The molecule has 1 heterocycles. The van der Waals surface area contributed by atoms with Gasteiger partial charge in [-0.25, -0.2) is 9.98 Å². The maximum atomic E-state index is 10.1. The van der Waals surface area contributed by atoms with Crippen molar-refractivity contribution in [3.8, 4) is 0 Å². The Balaban J connectivity index is 1.89. The molecule has 0 bridgehead atoms. The maximum Gasteiger partial charge on any atom is 0.191 e. The summed E-state index contributed by atoms with van der Waals surface area (Å²) in [6.07, 6.45) is 2.85. The number of nitrogens with zero attached hydrogens (tertiary/aromatic N) is 3. The zero-order chi connectivity index (χ0) is 15.3. The topological polar surface area (TPSA) is 72.8 Å². The summed E-state index contributed by atoms with van der Waals surface area (Å²) in [7, 11) is 3.97. The summed E-state index contributed by atoms with van der Waals surface area (Å²) in [6.45, 7) is 3.92. The monoisotopic (exact) mass is 311 g/mol. The molecule has 1 saturated carbocycles. The number of hydrogen-bond acceptors (Lipinski definition) is 5. The molecule has 2 rings (SSSR count). The predicted molar refractivity (Wildman–Crippen MR) is 88.1 cm³/mol. The quantitative estimate of drug-likeness (QED) is 0.543. The molecule has 21 heavy (non-hydrogen) atoms. The van der Waals surface area contributed by atoms with Crippen molar-refractivity contribution in [1.82, 2.24) is 15.6 Å². The second kappa shape index (κ2) is 7.09. The van der Waals surface area contributed by atoms with Gasteiger partial charge in [-0.05, 0) is 26.2 Å². The summed E-state index contributed by atoms with van der Waals surface area (Å²) in [5.74, 6) is 0.734. The van der Waals surface area contributed by atoms with Crippen molar-refractivity contribution in [2.24, 2.45) is 4.99 Å². The molecule has 0 unspecified atom stereocenters. The van der Waals surface area contributed by atoms with Crippen molar-refractivity contribution in [3.63, 3.8) is 0 Å². The standard InChI is InChI=1S/C14H25N5OS/c1-4-15-12(17-10-14(20)6-5-7-14)16-8-11-9-21-13(18-11)19(2)3/h9,20H,4-8,10H2,1-3H3,(H2,15,16,17). The van der Waals surface area contributed by atoms with E-state index < -0.39 is 5.60 Å². The van der Waals surface area contributed by atoms with E-state index in [1.165, 1.54) is 0 Å². The number of guanidine groups is 1. The molecule has 1 aromatic heterocycles. The van der Waals surface area contributed by atoms with Crippen LogP contribution in [0.5, 0.6) is 0 Å². The molecular formula is C14H25N5OS. The van der Waals surface area contributed by atoms with Crippen LogP contribution in [0.3, 0.4) is 0 Å². The normalized spacial score (nSPS) is 17.2. The van der Waals surface area contributed by atoms with Crippen molar-refractivity contribution < 1.29 is 5.11 Å². The number of hydrogen-bond donors (Lipinski definition) is 3. The van der Waals surface area contributed by atoms with Crippen LogP contribution in [0, 0.1) is 0 Å². The highest BCUT2D eigenvalue weighted by Gasteiger charge is 2.34. The van der Waals surface area contributed by atoms with Crippen LogP contribution in [0.2, 0.25) is 0 Å². The lowest BCUT2D eigenvalue weighted by molar-refractivity contribution is -0.0279. The summed E-state index contributed by atoms with van der Waals surface area (Å²) >= 11 is 1.62. The fraction of sp³-hybridized carbons (Fsp3) is 0.714. The first-order valence-corrected chi connectivity index (χ1v) is 8.27. The molecular weight excluding hydrogens is 286 g/mol. The average molecular weight is 311 g/mol. The van der Waals surface area contributed by atoms with Gasteiger partial charge in [0.2, 0.25) is 0 Å². The lowest BCUT2D eigenvalue weighted by Crippen LogP contribution is -2.50. The number of nitrogens with one attached hydrogen (secondary N) is 2. The van der Waals surface area contributed by atoms with E-state index in [1.54, 1.807) is 11.3 Å². The minimum Gasteiger partial charge on any atom is -0.388 e. The summed E-state index contributed by atoms with van der Waals surface area (Å²) in [6, 6.07) is 0. The number of thiazole rings is 1. The van der Waals surface area contributed by atoms with Gasteiger partial charge in [-0.2, -0.15) is 0 Å². The smallest absolute Gasteiger partial charge is 0.191 e. The van der Waals surface area contributed by atoms with E-state index in [0.717, 1.165) is 42.6 Å². The highest BCUT2D eigenvalue weighted by Crippen LogP contribution is 2.30. The molecule has 7 heteroatoms. The molecule has 1 aliphatic rings. The molecule has 1 aromatic rings. The largest absolute Gasteiger partial charge is 0.388 e. The van der Waals surface area contributed by atoms with Crippen LogP contribution in [0.15, 0.2) is 10.4 Å². The van der Waals surface area contributed by atoms with Gasteiger partial charge in [0, 0.05) is 32.6 Å². The first-order chi connectivity index (χ1) is 10.0. The highest BCUT2D eigenvalue weighted by molar-refractivity contribution is 7.13. The Morgan fingerprint density at radius 1 is 1.48 bits per heavy atom. The van der Waals surface area contributed by atoms with Crippen LogP contribution in [-0.2, 0) is 6.54 Å². The number of aromatic nitrogens is 1. The Morgan fingerprint density at radius 3 is 2.76 bits per heavy atom. The van der Waals surface area contributed by atoms with Crippen LogP contribution in [0.25, 0.3) is 0 Å². The number of rotatable bonds is 6. The zero-order valence-corrected chi connectivity index (χ0v) is 13.8. The number of anilines is 1. The first-order valence-electron chi connectivity index (χ1n) is 7.39. The van der Waals surface area contributed by atoms with E-state index in [2.05, 4.69) is 20.6 Å². The molecule has 0 aliphatic heterocycles. The van der Waals surface area contributed by atoms with Gasteiger partial charge in [0.05, 0.1) is 17.8 Å².